The lowest BCUT2D eigenvalue weighted by Crippen LogP contribution is -2.29. The molecule has 1 N–H and O–H groups in total. The van der Waals surface area contributed by atoms with Gasteiger partial charge in [-0.15, -0.1) is 0 Å². The van der Waals surface area contributed by atoms with Gasteiger partial charge in [-0.2, -0.15) is 0 Å². The Labute approximate surface area is 166 Å². The van der Waals surface area contributed by atoms with Crippen molar-refractivity contribution < 1.29 is 23.8 Å². The fourth-order valence-electron chi connectivity index (χ4n) is 3.38. The van der Waals surface area contributed by atoms with Crippen molar-refractivity contribution in [1.82, 2.24) is 9.88 Å². The van der Waals surface area contributed by atoms with Crippen LogP contribution in [0.3, 0.4) is 0 Å². The molecule has 3 heterocycles. The Kier molecular flexibility index (Phi) is 4.87. The highest BCUT2D eigenvalue weighted by molar-refractivity contribution is 6.46. The number of hydrogen-bond donors (Lipinski definition) is 1. The van der Waals surface area contributed by atoms with Gasteiger partial charge in [0, 0.05) is 11.8 Å². The average molecular weight is 390 g/mol. The van der Waals surface area contributed by atoms with Crippen LogP contribution in [0, 0.1) is 0 Å². The van der Waals surface area contributed by atoms with E-state index in [0.29, 0.717) is 22.8 Å². The molecule has 1 fully saturated rings. The lowest BCUT2D eigenvalue weighted by Gasteiger charge is -2.22. The van der Waals surface area contributed by atoms with Crippen molar-refractivity contribution in [1.29, 1.82) is 0 Å². The van der Waals surface area contributed by atoms with Crippen LogP contribution in [0.4, 0.5) is 0 Å². The molecule has 0 saturated carbocycles. The zero-order valence-electron chi connectivity index (χ0n) is 15.6. The smallest absolute Gasteiger partial charge is 0.296 e. The highest BCUT2D eigenvalue weighted by Crippen LogP contribution is 2.40. The fraction of sp³-hybridized carbons (Fsp3) is 0.136. The topological polar surface area (TPSA) is 92.9 Å². The van der Waals surface area contributed by atoms with Crippen LogP contribution in [0.1, 0.15) is 23.1 Å². The average Bonchev–Trinajstić information content (AvgIpc) is 3.37. The number of pyridine rings is 1. The van der Waals surface area contributed by atoms with E-state index in [4.69, 9.17) is 9.15 Å². The van der Waals surface area contributed by atoms with Gasteiger partial charge in [-0.05, 0) is 36.4 Å². The number of likely N-dealkylation sites (tertiary alicyclic amines) is 1. The van der Waals surface area contributed by atoms with Gasteiger partial charge in [-0.3, -0.25) is 14.6 Å². The minimum Gasteiger partial charge on any atom is -0.507 e. The standard InChI is InChI=1S/C22H18N2O5/c1-28-16-8-4-6-14(12-16)20(25)18-19(17-9-5-11-29-17)24(22(27)21(18)26)13-15-7-2-3-10-23-15/h2-12,19,25H,13H2,1H3/b20-18-. The van der Waals surface area contributed by atoms with Crippen LogP contribution in [0.2, 0.25) is 0 Å². The lowest BCUT2D eigenvalue weighted by atomic mass is 9.99. The molecular weight excluding hydrogens is 372 g/mol. The molecule has 29 heavy (non-hydrogen) atoms. The van der Waals surface area contributed by atoms with Crippen LogP contribution in [0.5, 0.6) is 5.75 Å². The summed E-state index contributed by atoms with van der Waals surface area (Å²) in [5.74, 6) is -0.882. The Bertz CT molecular complexity index is 1070. The molecule has 1 aliphatic rings. The minimum atomic E-state index is -0.863. The van der Waals surface area contributed by atoms with E-state index in [9.17, 15) is 14.7 Å². The molecule has 1 saturated heterocycles. The molecule has 3 aromatic rings. The first-order chi connectivity index (χ1) is 14.1. The second-order valence-electron chi connectivity index (χ2n) is 6.50. The number of carbonyl (C=O) groups excluding carboxylic acids is 2. The Morgan fingerprint density at radius 1 is 1.17 bits per heavy atom. The molecule has 7 heteroatoms. The van der Waals surface area contributed by atoms with E-state index in [1.54, 1.807) is 60.8 Å². The summed E-state index contributed by atoms with van der Waals surface area (Å²) in [4.78, 5) is 31.3. The second kappa shape index (κ2) is 7.63. The summed E-state index contributed by atoms with van der Waals surface area (Å²) < 4.78 is 10.7. The zero-order chi connectivity index (χ0) is 20.4. The van der Waals surface area contributed by atoms with Crippen LogP contribution in [-0.4, -0.2) is 33.8 Å². The number of amides is 1. The maximum absolute atomic E-state index is 12.9. The van der Waals surface area contributed by atoms with Crippen LogP contribution in [-0.2, 0) is 16.1 Å². The van der Waals surface area contributed by atoms with E-state index in [2.05, 4.69) is 4.98 Å². The molecular formula is C22H18N2O5. The number of carbonyl (C=O) groups is 2. The van der Waals surface area contributed by atoms with Gasteiger partial charge in [-0.25, -0.2) is 0 Å². The zero-order valence-corrected chi connectivity index (χ0v) is 15.6. The molecule has 146 valence electrons. The predicted molar refractivity (Wildman–Crippen MR) is 104 cm³/mol. The van der Waals surface area contributed by atoms with Gasteiger partial charge in [0.2, 0.25) is 0 Å². The van der Waals surface area contributed by atoms with Crippen LogP contribution >= 0.6 is 0 Å². The van der Waals surface area contributed by atoms with Crippen LogP contribution < -0.4 is 4.74 Å². The fourth-order valence-corrected chi connectivity index (χ4v) is 3.38. The van der Waals surface area contributed by atoms with E-state index in [1.165, 1.54) is 18.3 Å². The number of ketones is 1. The van der Waals surface area contributed by atoms with Crippen LogP contribution in [0.25, 0.3) is 5.76 Å². The number of methoxy groups -OCH3 is 1. The van der Waals surface area contributed by atoms with Crippen molar-refractivity contribution in [2.24, 2.45) is 0 Å². The first-order valence-corrected chi connectivity index (χ1v) is 8.96. The highest BCUT2D eigenvalue weighted by Gasteiger charge is 2.47. The molecule has 1 aromatic carbocycles. The van der Waals surface area contributed by atoms with Gasteiger partial charge < -0.3 is 19.2 Å². The van der Waals surface area contributed by atoms with Gasteiger partial charge in [0.15, 0.2) is 0 Å². The monoisotopic (exact) mass is 390 g/mol. The number of benzene rings is 1. The summed E-state index contributed by atoms with van der Waals surface area (Å²) in [6, 6.07) is 14.5. The maximum Gasteiger partial charge on any atom is 0.296 e. The number of furan rings is 1. The molecule has 1 unspecified atom stereocenters. The number of aliphatic hydroxyl groups excluding tert-OH is 1. The summed E-state index contributed by atoms with van der Waals surface area (Å²) in [7, 11) is 1.51. The van der Waals surface area contributed by atoms with Crippen molar-refractivity contribution >= 4 is 17.4 Å². The van der Waals surface area contributed by atoms with Gasteiger partial charge >= 0.3 is 0 Å². The Morgan fingerprint density at radius 2 is 2.03 bits per heavy atom. The molecule has 0 bridgehead atoms. The number of aliphatic hydroxyl groups is 1. The first kappa shape index (κ1) is 18.5. The summed E-state index contributed by atoms with van der Waals surface area (Å²) in [6.45, 7) is 0.103. The van der Waals surface area contributed by atoms with Crippen LogP contribution in [0.15, 0.2) is 77.0 Å². The van der Waals surface area contributed by atoms with E-state index in [-0.39, 0.29) is 17.9 Å². The first-order valence-electron chi connectivity index (χ1n) is 8.96. The van der Waals surface area contributed by atoms with Gasteiger partial charge in [-0.1, -0.05) is 18.2 Å². The number of aromatic nitrogens is 1. The van der Waals surface area contributed by atoms with Gasteiger partial charge in [0.25, 0.3) is 11.7 Å². The van der Waals surface area contributed by atoms with E-state index in [1.807, 2.05) is 0 Å². The van der Waals surface area contributed by atoms with Crippen molar-refractivity contribution in [3.05, 3.63) is 89.6 Å². The van der Waals surface area contributed by atoms with E-state index in [0.717, 1.165) is 0 Å². The minimum absolute atomic E-state index is 0.0332. The SMILES string of the molecule is COc1cccc(/C(O)=C2/C(=O)C(=O)N(Cc3ccccn3)C2c2ccco2)c1. The van der Waals surface area contributed by atoms with Crippen molar-refractivity contribution in [2.75, 3.05) is 7.11 Å². The maximum atomic E-state index is 12.9. The van der Waals surface area contributed by atoms with Crippen molar-refractivity contribution in [2.45, 2.75) is 12.6 Å². The quantitative estimate of drug-likeness (QED) is 0.408. The molecule has 0 aliphatic carbocycles. The number of rotatable bonds is 5. The summed E-state index contributed by atoms with van der Waals surface area (Å²) >= 11 is 0. The van der Waals surface area contributed by atoms with Gasteiger partial charge in [0.1, 0.15) is 23.3 Å². The Morgan fingerprint density at radius 3 is 2.72 bits per heavy atom. The third-order valence-corrected chi connectivity index (χ3v) is 4.75. The second-order valence-corrected chi connectivity index (χ2v) is 6.50. The normalized spacial score (nSPS) is 18.2. The Balaban J connectivity index is 1.83. The molecule has 1 amide bonds. The number of nitrogens with zero attached hydrogens (tertiary/aromatic N) is 2. The summed E-state index contributed by atoms with van der Waals surface area (Å²) in [5.41, 5.74) is 0.957. The molecule has 1 aliphatic heterocycles. The van der Waals surface area contributed by atoms with E-state index >= 15 is 0 Å². The number of hydrogen-bond acceptors (Lipinski definition) is 6. The predicted octanol–water partition coefficient (Wildman–Crippen LogP) is 3.31. The molecule has 0 radical (unpaired) electrons. The highest BCUT2D eigenvalue weighted by atomic mass is 16.5. The molecule has 2 aromatic heterocycles. The molecule has 4 rings (SSSR count). The lowest BCUT2D eigenvalue weighted by molar-refractivity contribution is -0.140. The summed E-state index contributed by atoms with van der Waals surface area (Å²) in [6.07, 6.45) is 3.08. The third kappa shape index (κ3) is 3.38. The van der Waals surface area contributed by atoms with Crippen molar-refractivity contribution in [3.63, 3.8) is 0 Å². The molecule has 7 nitrogen and oxygen atoms in total. The van der Waals surface area contributed by atoms with Gasteiger partial charge in [0.05, 0.1) is 31.2 Å². The Hall–Kier alpha value is -3.87. The van der Waals surface area contributed by atoms with E-state index < -0.39 is 17.7 Å². The largest absolute Gasteiger partial charge is 0.507 e. The molecule has 1 atom stereocenters. The third-order valence-electron chi connectivity index (χ3n) is 4.75. The number of Topliss-reactive ketones (excluding diaryl/α,β-unsaturated/α-hetero) is 1. The molecule has 0 spiro atoms. The number of ether oxygens (including phenoxy) is 1. The summed E-state index contributed by atoms with van der Waals surface area (Å²) in [5, 5.41) is 10.9. The van der Waals surface area contributed by atoms with Crippen molar-refractivity contribution in [3.8, 4) is 5.75 Å².